The number of hydrogen-bond donors (Lipinski definition) is 1. The topological polar surface area (TPSA) is 67.6 Å². The Bertz CT molecular complexity index is 662. The first-order valence-electron chi connectivity index (χ1n) is 7.42. The van der Waals surface area contributed by atoms with Gasteiger partial charge >= 0.3 is 0 Å². The first-order valence-corrected chi connectivity index (χ1v) is 7.42. The van der Waals surface area contributed by atoms with Gasteiger partial charge < -0.3 is 10.3 Å². The van der Waals surface area contributed by atoms with Gasteiger partial charge in [-0.25, -0.2) is 4.98 Å². The van der Waals surface area contributed by atoms with E-state index >= 15 is 0 Å². The summed E-state index contributed by atoms with van der Waals surface area (Å²) in [5.74, 6) is 2.16. The highest BCUT2D eigenvalue weighted by atomic mass is 15.1. The molecule has 21 heavy (non-hydrogen) atoms. The molecule has 2 aromatic rings. The van der Waals surface area contributed by atoms with E-state index in [-0.39, 0.29) is 0 Å². The van der Waals surface area contributed by atoms with Crippen LogP contribution in [0, 0.1) is 17.2 Å². The Hall–Kier alpha value is -2.28. The third kappa shape index (κ3) is 3.08. The number of hydrogen-bond acceptors (Lipinski definition) is 3. The van der Waals surface area contributed by atoms with E-state index in [0.717, 1.165) is 36.5 Å². The Kier molecular flexibility index (Phi) is 4.64. The Morgan fingerprint density at radius 2 is 2.05 bits per heavy atom. The molecule has 0 amide bonds. The standard InChI is InChI=1S/C17H22N4/c1-4-7-15-20-16(17(19)21(15)11-12(2)3)14-9-6-5-8-13(14)10-18/h5-6,8-9,12H,4,7,11,19H2,1-3H3. The molecule has 0 saturated carbocycles. The lowest BCUT2D eigenvalue weighted by Crippen LogP contribution is -2.11. The SMILES string of the molecule is CCCc1nc(-c2ccccc2C#N)c(N)n1CC(C)C. The maximum atomic E-state index is 9.27. The summed E-state index contributed by atoms with van der Waals surface area (Å²) < 4.78 is 2.09. The lowest BCUT2D eigenvalue weighted by molar-refractivity contribution is 0.510. The van der Waals surface area contributed by atoms with Gasteiger partial charge in [-0.05, 0) is 18.4 Å². The summed E-state index contributed by atoms with van der Waals surface area (Å²) in [4.78, 5) is 4.72. The van der Waals surface area contributed by atoms with Gasteiger partial charge in [0.05, 0.1) is 11.6 Å². The van der Waals surface area contributed by atoms with Crippen LogP contribution in [-0.2, 0) is 13.0 Å². The molecular weight excluding hydrogens is 260 g/mol. The lowest BCUT2D eigenvalue weighted by atomic mass is 10.1. The molecule has 2 N–H and O–H groups in total. The Morgan fingerprint density at radius 1 is 1.33 bits per heavy atom. The number of imidazole rings is 1. The number of nitriles is 1. The zero-order valence-corrected chi connectivity index (χ0v) is 12.9. The van der Waals surface area contributed by atoms with Crippen molar-refractivity contribution in [2.24, 2.45) is 5.92 Å². The molecule has 1 aromatic heterocycles. The second-order valence-corrected chi connectivity index (χ2v) is 5.67. The molecule has 2 rings (SSSR count). The van der Waals surface area contributed by atoms with E-state index in [1.807, 2.05) is 18.2 Å². The molecule has 0 unspecified atom stereocenters. The van der Waals surface area contributed by atoms with Crippen LogP contribution in [0.25, 0.3) is 11.3 Å². The van der Waals surface area contributed by atoms with Crippen LogP contribution in [0.15, 0.2) is 24.3 Å². The van der Waals surface area contributed by atoms with Gasteiger partial charge in [0.2, 0.25) is 0 Å². The van der Waals surface area contributed by atoms with Crippen molar-refractivity contribution >= 4 is 5.82 Å². The normalized spacial score (nSPS) is 10.8. The van der Waals surface area contributed by atoms with Crippen LogP contribution in [0.4, 0.5) is 5.82 Å². The summed E-state index contributed by atoms with van der Waals surface area (Å²) in [5.41, 5.74) is 8.49. The third-order valence-corrected chi connectivity index (χ3v) is 3.41. The van der Waals surface area contributed by atoms with E-state index in [0.29, 0.717) is 17.3 Å². The number of nitrogens with zero attached hydrogens (tertiary/aromatic N) is 3. The van der Waals surface area contributed by atoms with Gasteiger partial charge in [-0.2, -0.15) is 5.26 Å². The Morgan fingerprint density at radius 3 is 2.67 bits per heavy atom. The molecule has 0 aliphatic rings. The fraction of sp³-hybridized carbons (Fsp3) is 0.412. The van der Waals surface area contributed by atoms with Gasteiger partial charge in [-0.1, -0.05) is 39.0 Å². The van der Waals surface area contributed by atoms with Gasteiger partial charge in [0, 0.05) is 18.5 Å². The van der Waals surface area contributed by atoms with Gasteiger partial charge in [0.15, 0.2) is 0 Å². The zero-order chi connectivity index (χ0) is 15.4. The Labute approximate surface area is 126 Å². The minimum atomic E-state index is 0.496. The quantitative estimate of drug-likeness (QED) is 0.910. The molecule has 0 saturated heterocycles. The molecule has 0 fully saturated rings. The highest BCUT2D eigenvalue weighted by Crippen LogP contribution is 2.30. The van der Waals surface area contributed by atoms with E-state index in [4.69, 9.17) is 10.7 Å². The smallest absolute Gasteiger partial charge is 0.131 e. The number of nitrogens with two attached hydrogens (primary N) is 1. The molecule has 110 valence electrons. The summed E-state index contributed by atoms with van der Waals surface area (Å²) in [6, 6.07) is 9.70. The van der Waals surface area contributed by atoms with Crippen LogP contribution < -0.4 is 5.73 Å². The van der Waals surface area contributed by atoms with Crippen molar-refractivity contribution in [3.8, 4) is 17.3 Å². The summed E-state index contributed by atoms with van der Waals surface area (Å²) in [7, 11) is 0. The molecule has 0 spiro atoms. The van der Waals surface area contributed by atoms with Crippen LogP contribution in [0.5, 0.6) is 0 Å². The predicted molar refractivity (Wildman–Crippen MR) is 85.6 cm³/mol. The van der Waals surface area contributed by atoms with Crippen molar-refractivity contribution in [1.29, 1.82) is 5.26 Å². The first-order chi connectivity index (χ1) is 10.1. The molecule has 1 aromatic carbocycles. The predicted octanol–water partition coefficient (Wildman–Crippen LogP) is 3.61. The van der Waals surface area contributed by atoms with Gasteiger partial charge in [-0.15, -0.1) is 0 Å². The number of benzene rings is 1. The molecule has 1 heterocycles. The summed E-state index contributed by atoms with van der Waals surface area (Å²) in [6.45, 7) is 7.31. The fourth-order valence-corrected chi connectivity index (χ4v) is 2.48. The van der Waals surface area contributed by atoms with E-state index in [2.05, 4.69) is 31.4 Å². The number of nitrogen functional groups attached to an aromatic ring is 1. The number of aryl methyl sites for hydroxylation is 1. The van der Waals surface area contributed by atoms with Crippen molar-refractivity contribution < 1.29 is 0 Å². The van der Waals surface area contributed by atoms with Crippen molar-refractivity contribution in [2.75, 3.05) is 5.73 Å². The van der Waals surface area contributed by atoms with E-state index in [9.17, 15) is 5.26 Å². The molecule has 4 nitrogen and oxygen atoms in total. The van der Waals surface area contributed by atoms with Crippen molar-refractivity contribution in [1.82, 2.24) is 9.55 Å². The number of anilines is 1. The average Bonchev–Trinajstić information content (AvgIpc) is 2.76. The Balaban J connectivity index is 2.57. The van der Waals surface area contributed by atoms with Crippen LogP contribution >= 0.6 is 0 Å². The largest absolute Gasteiger partial charge is 0.383 e. The van der Waals surface area contributed by atoms with Crippen molar-refractivity contribution in [2.45, 2.75) is 40.2 Å². The van der Waals surface area contributed by atoms with Crippen molar-refractivity contribution in [3.63, 3.8) is 0 Å². The third-order valence-electron chi connectivity index (χ3n) is 3.41. The number of rotatable bonds is 5. The lowest BCUT2D eigenvalue weighted by Gasteiger charge is -2.12. The van der Waals surface area contributed by atoms with Crippen LogP contribution in [-0.4, -0.2) is 9.55 Å². The highest BCUT2D eigenvalue weighted by Gasteiger charge is 2.18. The maximum Gasteiger partial charge on any atom is 0.131 e. The highest BCUT2D eigenvalue weighted by molar-refractivity contribution is 5.76. The fourth-order valence-electron chi connectivity index (χ4n) is 2.48. The molecule has 0 aliphatic heterocycles. The molecule has 0 aliphatic carbocycles. The second-order valence-electron chi connectivity index (χ2n) is 5.67. The molecule has 0 bridgehead atoms. The molecular formula is C17H22N4. The first kappa shape index (κ1) is 15.1. The molecule has 4 heteroatoms. The number of aromatic nitrogens is 2. The summed E-state index contributed by atoms with van der Waals surface area (Å²) in [5, 5.41) is 9.27. The van der Waals surface area contributed by atoms with Gasteiger partial charge in [0.25, 0.3) is 0 Å². The minimum absolute atomic E-state index is 0.496. The maximum absolute atomic E-state index is 9.27. The molecule has 0 atom stereocenters. The average molecular weight is 282 g/mol. The molecule has 0 radical (unpaired) electrons. The second kappa shape index (κ2) is 6.45. The zero-order valence-electron chi connectivity index (χ0n) is 12.9. The van der Waals surface area contributed by atoms with Crippen LogP contribution in [0.3, 0.4) is 0 Å². The summed E-state index contributed by atoms with van der Waals surface area (Å²) >= 11 is 0. The van der Waals surface area contributed by atoms with Crippen molar-refractivity contribution in [3.05, 3.63) is 35.7 Å². The van der Waals surface area contributed by atoms with Crippen LogP contribution in [0.2, 0.25) is 0 Å². The van der Waals surface area contributed by atoms with E-state index < -0.39 is 0 Å². The van der Waals surface area contributed by atoms with E-state index in [1.54, 1.807) is 6.07 Å². The summed E-state index contributed by atoms with van der Waals surface area (Å²) in [6.07, 6.45) is 1.92. The van der Waals surface area contributed by atoms with E-state index in [1.165, 1.54) is 0 Å². The van der Waals surface area contributed by atoms with Crippen LogP contribution in [0.1, 0.15) is 38.6 Å². The van der Waals surface area contributed by atoms with Gasteiger partial charge in [0.1, 0.15) is 17.3 Å². The van der Waals surface area contributed by atoms with Gasteiger partial charge in [-0.3, -0.25) is 0 Å². The monoisotopic (exact) mass is 282 g/mol. The minimum Gasteiger partial charge on any atom is -0.383 e.